The van der Waals surface area contributed by atoms with Gasteiger partial charge in [-0.15, -0.1) is 0 Å². The van der Waals surface area contributed by atoms with Gasteiger partial charge in [0.15, 0.2) is 0 Å². The molecule has 0 unspecified atom stereocenters. The summed E-state index contributed by atoms with van der Waals surface area (Å²) in [5.74, 6) is 0.552. The van der Waals surface area contributed by atoms with Crippen LogP contribution in [0.15, 0.2) is 97.1 Å². The van der Waals surface area contributed by atoms with Crippen molar-refractivity contribution in [2.24, 2.45) is 0 Å². The number of hydrogen-bond acceptors (Lipinski definition) is 6. The normalized spacial score (nSPS) is 12.2. The minimum atomic E-state index is 0.276. The molecule has 2 aromatic heterocycles. The quantitative estimate of drug-likeness (QED) is 0.190. The Hall–Kier alpha value is -5.66. The first-order valence-corrected chi connectivity index (χ1v) is 16.3. The summed E-state index contributed by atoms with van der Waals surface area (Å²) >= 11 is 12.0. The van der Waals surface area contributed by atoms with Crippen molar-refractivity contribution in [2.75, 3.05) is 11.5 Å². The summed E-state index contributed by atoms with van der Waals surface area (Å²) < 4.78 is 0. The maximum atomic E-state index is 9.62. The molecular formula is C40H28Cl2N6. The first-order chi connectivity index (χ1) is 23.4. The van der Waals surface area contributed by atoms with E-state index in [2.05, 4.69) is 46.4 Å². The predicted octanol–water partition coefficient (Wildman–Crippen LogP) is 9.24. The molecule has 4 aromatic carbocycles. The highest BCUT2D eigenvalue weighted by atomic mass is 35.5. The SMILES string of the molecule is N#Cc1c(N)nc2c(c1-c1ccc(Cl)cc1)CCc1ccccc1-2.N#Cc1c(N)nc2c(c1-c1ccc(Cl)cc1)CCc1ccccc1-2. The van der Waals surface area contributed by atoms with Crippen molar-refractivity contribution < 1.29 is 0 Å². The van der Waals surface area contributed by atoms with E-state index in [1.54, 1.807) is 0 Å². The molecule has 6 nitrogen and oxygen atoms in total. The number of fused-ring (bicyclic) bond motifs is 6. The van der Waals surface area contributed by atoms with E-state index < -0.39 is 0 Å². The minimum Gasteiger partial charge on any atom is -0.383 e. The number of halogens is 2. The number of aryl methyl sites for hydroxylation is 2. The van der Waals surface area contributed by atoms with Crippen molar-refractivity contribution in [1.29, 1.82) is 10.5 Å². The standard InChI is InChI=1S/2C20H14ClN3/c2*21-14-8-5-13(6-9-14)18-16-10-7-12-3-1-2-4-15(12)19(16)24-20(23)17(18)11-22/h2*1-6,8-9H,7,10H2,(H2,23,24). The van der Waals surface area contributed by atoms with E-state index in [4.69, 9.17) is 34.7 Å². The van der Waals surface area contributed by atoms with Gasteiger partial charge in [0, 0.05) is 32.3 Å². The molecule has 48 heavy (non-hydrogen) atoms. The van der Waals surface area contributed by atoms with Crippen LogP contribution in [0.4, 0.5) is 11.6 Å². The number of nitrogen functional groups attached to an aromatic ring is 2. The van der Waals surface area contributed by atoms with Crippen LogP contribution in [-0.4, -0.2) is 9.97 Å². The van der Waals surface area contributed by atoms with E-state index in [1.165, 1.54) is 11.1 Å². The number of anilines is 2. The van der Waals surface area contributed by atoms with Gasteiger partial charge in [-0.05, 0) is 83.3 Å². The maximum Gasteiger partial charge on any atom is 0.142 e. The number of nitrogens with two attached hydrogens (primary N) is 2. The highest BCUT2D eigenvalue weighted by molar-refractivity contribution is 6.31. The van der Waals surface area contributed by atoms with Crippen molar-refractivity contribution >= 4 is 34.8 Å². The molecule has 8 heteroatoms. The highest BCUT2D eigenvalue weighted by Crippen LogP contribution is 2.42. The maximum absolute atomic E-state index is 9.62. The third kappa shape index (κ3) is 5.52. The molecular weight excluding hydrogens is 635 g/mol. The van der Waals surface area contributed by atoms with Crippen molar-refractivity contribution in [2.45, 2.75) is 25.7 Å². The van der Waals surface area contributed by atoms with Gasteiger partial charge in [-0.1, -0.05) is 96.0 Å². The Morgan fingerprint density at radius 2 is 0.896 bits per heavy atom. The van der Waals surface area contributed by atoms with Crippen LogP contribution in [0.1, 0.15) is 33.4 Å². The van der Waals surface area contributed by atoms with Gasteiger partial charge in [0.2, 0.25) is 0 Å². The average Bonchev–Trinajstić information content (AvgIpc) is 3.11. The number of pyridine rings is 2. The van der Waals surface area contributed by atoms with Crippen LogP contribution in [0.5, 0.6) is 0 Å². The molecule has 0 saturated carbocycles. The number of aromatic nitrogens is 2. The molecule has 0 fully saturated rings. The minimum absolute atomic E-state index is 0.276. The van der Waals surface area contributed by atoms with Crippen molar-refractivity contribution in [3.8, 4) is 56.9 Å². The number of benzene rings is 4. The molecule has 0 bridgehead atoms. The lowest BCUT2D eigenvalue weighted by Gasteiger charge is -2.23. The van der Waals surface area contributed by atoms with E-state index in [1.807, 2.05) is 72.8 Å². The number of rotatable bonds is 2. The van der Waals surface area contributed by atoms with Gasteiger partial charge >= 0.3 is 0 Å². The summed E-state index contributed by atoms with van der Waals surface area (Å²) in [5.41, 5.74) is 25.5. The molecule has 2 aliphatic carbocycles. The zero-order valence-electron chi connectivity index (χ0n) is 25.8. The monoisotopic (exact) mass is 662 g/mol. The van der Waals surface area contributed by atoms with Crippen LogP contribution < -0.4 is 11.5 Å². The van der Waals surface area contributed by atoms with Gasteiger partial charge in [0.25, 0.3) is 0 Å². The topological polar surface area (TPSA) is 125 Å². The lowest BCUT2D eigenvalue weighted by molar-refractivity contribution is 0.929. The molecule has 8 rings (SSSR count). The van der Waals surface area contributed by atoms with Crippen molar-refractivity contribution in [3.63, 3.8) is 0 Å². The first kappa shape index (κ1) is 31.0. The Labute approximate surface area is 288 Å². The molecule has 0 saturated heterocycles. The Morgan fingerprint density at radius 3 is 1.27 bits per heavy atom. The van der Waals surface area contributed by atoms with Crippen LogP contribution in [0.2, 0.25) is 10.0 Å². The third-order valence-electron chi connectivity index (χ3n) is 8.98. The first-order valence-electron chi connectivity index (χ1n) is 15.5. The Bertz CT molecular complexity index is 2130. The summed E-state index contributed by atoms with van der Waals surface area (Å²) in [6.45, 7) is 0. The average molecular weight is 664 g/mol. The zero-order chi connectivity index (χ0) is 33.4. The van der Waals surface area contributed by atoms with Gasteiger partial charge in [-0.3, -0.25) is 0 Å². The van der Waals surface area contributed by atoms with Crippen LogP contribution >= 0.6 is 23.2 Å². The van der Waals surface area contributed by atoms with Crippen LogP contribution in [0, 0.1) is 22.7 Å². The molecule has 0 spiro atoms. The summed E-state index contributed by atoms with van der Waals surface area (Å²) in [6, 6.07) is 36.0. The van der Waals surface area contributed by atoms with Gasteiger partial charge in [0.1, 0.15) is 34.9 Å². The Kier molecular flexibility index (Phi) is 8.29. The second-order valence-electron chi connectivity index (χ2n) is 11.7. The van der Waals surface area contributed by atoms with Gasteiger partial charge in [-0.2, -0.15) is 10.5 Å². The smallest absolute Gasteiger partial charge is 0.142 e. The molecule has 6 aromatic rings. The molecule has 0 radical (unpaired) electrons. The van der Waals surface area contributed by atoms with Crippen LogP contribution in [0.25, 0.3) is 44.8 Å². The summed E-state index contributed by atoms with van der Waals surface area (Å²) in [5, 5.41) is 20.6. The molecule has 232 valence electrons. The van der Waals surface area contributed by atoms with E-state index >= 15 is 0 Å². The van der Waals surface area contributed by atoms with Crippen molar-refractivity contribution in [1.82, 2.24) is 9.97 Å². The van der Waals surface area contributed by atoms with Gasteiger partial charge in [0.05, 0.1) is 11.4 Å². The lowest BCUT2D eigenvalue weighted by atomic mass is 9.83. The second-order valence-corrected chi connectivity index (χ2v) is 12.6. The molecule has 2 heterocycles. The Morgan fingerprint density at radius 1 is 0.521 bits per heavy atom. The predicted molar refractivity (Wildman–Crippen MR) is 193 cm³/mol. The molecule has 0 aliphatic heterocycles. The fourth-order valence-corrected chi connectivity index (χ4v) is 7.02. The van der Waals surface area contributed by atoms with Crippen LogP contribution in [0.3, 0.4) is 0 Å². The fraction of sp³-hybridized carbons (Fsp3) is 0.100. The lowest BCUT2D eigenvalue weighted by Crippen LogP contribution is -2.11. The van der Waals surface area contributed by atoms with Crippen molar-refractivity contribution in [3.05, 3.63) is 140 Å². The van der Waals surface area contributed by atoms with E-state index in [9.17, 15) is 10.5 Å². The number of nitrogens with zero attached hydrogens (tertiary/aromatic N) is 4. The molecule has 0 atom stereocenters. The summed E-state index contributed by atoms with van der Waals surface area (Å²) in [6.07, 6.45) is 3.54. The zero-order valence-corrected chi connectivity index (χ0v) is 27.3. The Balaban J connectivity index is 0.000000152. The summed E-state index contributed by atoms with van der Waals surface area (Å²) in [4.78, 5) is 9.12. The molecule has 0 amide bonds. The number of hydrogen-bond donors (Lipinski definition) is 2. The third-order valence-corrected chi connectivity index (χ3v) is 9.48. The van der Waals surface area contributed by atoms with Gasteiger partial charge < -0.3 is 11.5 Å². The van der Waals surface area contributed by atoms with Crippen LogP contribution in [-0.2, 0) is 25.7 Å². The highest BCUT2D eigenvalue weighted by Gasteiger charge is 2.26. The van der Waals surface area contributed by atoms with E-state index in [0.717, 1.165) is 81.6 Å². The van der Waals surface area contributed by atoms with E-state index in [0.29, 0.717) is 21.2 Å². The fourth-order valence-electron chi connectivity index (χ4n) is 6.77. The summed E-state index contributed by atoms with van der Waals surface area (Å²) in [7, 11) is 0. The molecule has 2 aliphatic rings. The largest absolute Gasteiger partial charge is 0.383 e. The second kappa shape index (κ2) is 12.9. The van der Waals surface area contributed by atoms with Gasteiger partial charge in [-0.25, -0.2) is 9.97 Å². The molecule has 4 N–H and O–H groups in total. The number of nitriles is 2. The van der Waals surface area contributed by atoms with E-state index in [-0.39, 0.29) is 11.6 Å².